The highest BCUT2D eigenvalue weighted by molar-refractivity contribution is 6.28. The molecule has 22 heavy (non-hydrogen) atoms. The normalized spacial score (nSPS) is 14.9. The maximum absolute atomic E-state index is 12.2. The number of aromatic nitrogens is 4. The number of piperazine rings is 1. The largest absolute Gasteiger partial charge is 0.352 e. The molecule has 1 saturated heterocycles. The average molecular weight is 321 g/mol. The maximum Gasteiger partial charge on any atom is 0.328 e. The van der Waals surface area contributed by atoms with Gasteiger partial charge in [0.25, 0.3) is 0 Å². The molecule has 0 spiro atoms. The first kappa shape index (κ1) is 14.9. The van der Waals surface area contributed by atoms with E-state index < -0.39 is 0 Å². The van der Waals surface area contributed by atoms with Crippen molar-refractivity contribution in [3.63, 3.8) is 0 Å². The van der Waals surface area contributed by atoms with Gasteiger partial charge in [-0.05, 0) is 11.6 Å². The van der Waals surface area contributed by atoms with Gasteiger partial charge in [-0.1, -0.05) is 12.8 Å². The molecule has 116 valence electrons. The standard InChI is InChI=1S/C14H17ClN6O/c1-2-3-4-7-21-10-11(18-14(21)22)17-13(15)19-12(10)20-8-5-16-6-9-20/h16H,2,5-9H2,1H3,(H,17,18,19,22). The molecule has 0 aromatic carbocycles. The Morgan fingerprint density at radius 3 is 2.77 bits per heavy atom. The highest BCUT2D eigenvalue weighted by Crippen LogP contribution is 2.24. The van der Waals surface area contributed by atoms with Crippen LogP contribution in [0.3, 0.4) is 0 Å². The number of anilines is 1. The van der Waals surface area contributed by atoms with Crippen molar-refractivity contribution in [2.45, 2.75) is 19.9 Å². The Labute approximate surface area is 132 Å². The van der Waals surface area contributed by atoms with E-state index in [1.807, 2.05) is 6.92 Å². The molecule has 0 bridgehead atoms. The predicted molar refractivity (Wildman–Crippen MR) is 86.3 cm³/mol. The molecule has 1 aliphatic heterocycles. The van der Waals surface area contributed by atoms with Crippen LogP contribution in [0.5, 0.6) is 0 Å². The minimum Gasteiger partial charge on any atom is -0.352 e. The number of imidazole rings is 1. The second-order valence-corrected chi connectivity index (χ2v) is 5.31. The molecular weight excluding hydrogens is 304 g/mol. The summed E-state index contributed by atoms with van der Waals surface area (Å²) in [6.45, 7) is 5.64. The Morgan fingerprint density at radius 2 is 2.05 bits per heavy atom. The second kappa shape index (κ2) is 6.38. The van der Waals surface area contributed by atoms with Crippen LogP contribution in [0.15, 0.2) is 4.79 Å². The molecule has 0 radical (unpaired) electrons. The maximum atomic E-state index is 12.2. The first-order valence-corrected chi connectivity index (χ1v) is 7.66. The fourth-order valence-corrected chi connectivity index (χ4v) is 2.69. The van der Waals surface area contributed by atoms with Crippen LogP contribution in [0.2, 0.25) is 5.28 Å². The van der Waals surface area contributed by atoms with E-state index in [0.29, 0.717) is 23.5 Å². The van der Waals surface area contributed by atoms with Crippen molar-refractivity contribution < 1.29 is 0 Å². The molecule has 0 aliphatic carbocycles. The van der Waals surface area contributed by atoms with E-state index in [9.17, 15) is 4.79 Å². The van der Waals surface area contributed by atoms with E-state index in [0.717, 1.165) is 32.6 Å². The minimum absolute atomic E-state index is 0.133. The molecule has 3 rings (SSSR count). The van der Waals surface area contributed by atoms with Gasteiger partial charge in [0.1, 0.15) is 5.52 Å². The van der Waals surface area contributed by atoms with Crippen molar-refractivity contribution in [1.29, 1.82) is 0 Å². The number of hydrogen-bond donors (Lipinski definition) is 2. The smallest absolute Gasteiger partial charge is 0.328 e. The van der Waals surface area contributed by atoms with Crippen LogP contribution in [0, 0.1) is 11.8 Å². The van der Waals surface area contributed by atoms with E-state index in [-0.39, 0.29) is 11.0 Å². The van der Waals surface area contributed by atoms with Gasteiger partial charge in [-0.3, -0.25) is 9.55 Å². The Bertz CT molecular complexity index is 793. The summed E-state index contributed by atoms with van der Waals surface area (Å²) in [6.07, 6.45) is 0.754. The van der Waals surface area contributed by atoms with Crippen LogP contribution in [0.1, 0.15) is 13.3 Å². The zero-order valence-corrected chi connectivity index (χ0v) is 13.1. The number of H-pyrrole nitrogens is 1. The third-order valence-corrected chi connectivity index (χ3v) is 3.70. The molecule has 0 saturated carbocycles. The molecule has 2 aromatic heterocycles. The molecule has 1 fully saturated rings. The first-order chi connectivity index (χ1) is 10.7. The summed E-state index contributed by atoms with van der Waals surface area (Å²) in [5.74, 6) is 6.65. The molecule has 2 aromatic rings. The monoisotopic (exact) mass is 320 g/mol. The lowest BCUT2D eigenvalue weighted by Gasteiger charge is -2.28. The number of fused-ring (bicyclic) bond motifs is 1. The number of rotatable bonds is 2. The molecule has 7 nitrogen and oxygen atoms in total. The summed E-state index contributed by atoms with van der Waals surface area (Å²) in [5.41, 5.74) is 0.881. The van der Waals surface area contributed by atoms with Gasteiger partial charge >= 0.3 is 5.69 Å². The van der Waals surface area contributed by atoms with Gasteiger partial charge in [0.2, 0.25) is 5.28 Å². The van der Waals surface area contributed by atoms with Crippen molar-refractivity contribution >= 4 is 28.6 Å². The molecular formula is C14H17ClN6O. The molecule has 0 atom stereocenters. The van der Waals surface area contributed by atoms with E-state index in [2.05, 4.69) is 37.0 Å². The van der Waals surface area contributed by atoms with Crippen LogP contribution < -0.4 is 15.9 Å². The van der Waals surface area contributed by atoms with E-state index in [1.165, 1.54) is 0 Å². The zero-order chi connectivity index (χ0) is 15.5. The van der Waals surface area contributed by atoms with Gasteiger partial charge in [0, 0.05) is 32.6 Å². The topological polar surface area (TPSA) is 78.8 Å². The van der Waals surface area contributed by atoms with E-state index in [1.54, 1.807) is 4.57 Å². The fourth-order valence-electron chi connectivity index (χ4n) is 2.53. The number of nitrogens with one attached hydrogen (secondary N) is 2. The number of hydrogen-bond acceptors (Lipinski definition) is 5. The van der Waals surface area contributed by atoms with Crippen molar-refractivity contribution in [3.8, 4) is 11.8 Å². The lowest BCUT2D eigenvalue weighted by molar-refractivity contribution is 0.585. The Kier molecular flexibility index (Phi) is 4.32. The van der Waals surface area contributed by atoms with E-state index in [4.69, 9.17) is 11.6 Å². The zero-order valence-electron chi connectivity index (χ0n) is 12.3. The molecule has 1 aliphatic rings. The first-order valence-electron chi connectivity index (χ1n) is 7.28. The summed E-state index contributed by atoms with van der Waals surface area (Å²) >= 11 is 6.01. The van der Waals surface area contributed by atoms with Crippen molar-refractivity contribution in [3.05, 3.63) is 15.8 Å². The van der Waals surface area contributed by atoms with Crippen molar-refractivity contribution in [2.75, 3.05) is 31.1 Å². The van der Waals surface area contributed by atoms with Gasteiger partial charge in [-0.15, -0.1) is 5.92 Å². The molecule has 0 amide bonds. The Hall–Kier alpha value is -2.04. The minimum atomic E-state index is -0.242. The van der Waals surface area contributed by atoms with Gasteiger partial charge in [-0.2, -0.15) is 9.97 Å². The van der Waals surface area contributed by atoms with Crippen molar-refractivity contribution in [1.82, 2.24) is 24.8 Å². The third-order valence-electron chi connectivity index (χ3n) is 3.53. The number of nitrogens with zero attached hydrogens (tertiary/aromatic N) is 4. The van der Waals surface area contributed by atoms with Gasteiger partial charge in [0.15, 0.2) is 11.5 Å². The fraction of sp³-hybridized carbons (Fsp3) is 0.500. The summed E-state index contributed by atoms with van der Waals surface area (Å²) in [5, 5.41) is 3.43. The van der Waals surface area contributed by atoms with Gasteiger partial charge in [-0.25, -0.2) is 4.79 Å². The van der Waals surface area contributed by atoms with Crippen LogP contribution in [-0.2, 0) is 6.54 Å². The number of halogens is 1. The second-order valence-electron chi connectivity index (χ2n) is 4.97. The Morgan fingerprint density at radius 1 is 1.27 bits per heavy atom. The molecule has 0 unspecified atom stereocenters. The summed E-state index contributed by atoms with van der Waals surface area (Å²) in [4.78, 5) is 25.5. The summed E-state index contributed by atoms with van der Waals surface area (Å²) in [6, 6.07) is 0. The average Bonchev–Trinajstić information content (AvgIpc) is 2.83. The quantitative estimate of drug-likeness (QED) is 0.625. The highest BCUT2D eigenvalue weighted by Gasteiger charge is 2.21. The van der Waals surface area contributed by atoms with Crippen LogP contribution >= 0.6 is 11.6 Å². The predicted octanol–water partition coefficient (Wildman–Crippen LogP) is 0.596. The molecule has 8 heteroatoms. The number of aromatic amines is 1. The lowest BCUT2D eigenvalue weighted by Crippen LogP contribution is -2.44. The third kappa shape index (κ3) is 2.80. The van der Waals surface area contributed by atoms with E-state index >= 15 is 0 Å². The van der Waals surface area contributed by atoms with Gasteiger partial charge < -0.3 is 10.2 Å². The van der Waals surface area contributed by atoms with Gasteiger partial charge in [0.05, 0.1) is 6.54 Å². The molecule has 3 heterocycles. The molecule has 2 N–H and O–H groups in total. The van der Waals surface area contributed by atoms with Crippen LogP contribution in [-0.4, -0.2) is 45.7 Å². The SMILES string of the molecule is CCC#CCn1c(=O)[nH]c2nc(Cl)nc(N3CCNCC3)c21. The van der Waals surface area contributed by atoms with Crippen LogP contribution in [0.4, 0.5) is 5.82 Å². The Balaban J connectivity index is 2.14. The summed E-state index contributed by atoms with van der Waals surface area (Å²) in [7, 11) is 0. The highest BCUT2D eigenvalue weighted by atomic mass is 35.5. The van der Waals surface area contributed by atoms with Crippen LogP contribution in [0.25, 0.3) is 11.2 Å². The van der Waals surface area contributed by atoms with Crippen molar-refractivity contribution in [2.24, 2.45) is 0 Å². The lowest BCUT2D eigenvalue weighted by atomic mass is 10.3. The summed E-state index contributed by atoms with van der Waals surface area (Å²) < 4.78 is 1.58.